The average molecular weight is 307 g/mol. The third kappa shape index (κ3) is 3.22. The summed E-state index contributed by atoms with van der Waals surface area (Å²) in [4.78, 5) is 0.325. The molecular weight excluding hydrogens is 292 g/mol. The van der Waals surface area contributed by atoms with Gasteiger partial charge in [-0.3, -0.25) is 0 Å². The Morgan fingerprint density at radius 3 is 2.50 bits per heavy atom. The van der Waals surface area contributed by atoms with E-state index < -0.39 is 9.84 Å². The molecule has 0 N–H and O–H groups in total. The molecule has 0 spiro atoms. The van der Waals surface area contributed by atoms with Crippen molar-refractivity contribution in [2.45, 2.75) is 25.2 Å². The molecule has 16 heavy (non-hydrogen) atoms. The zero-order valence-corrected chi connectivity index (χ0v) is 11.8. The van der Waals surface area contributed by atoms with Gasteiger partial charge in [-0.25, -0.2) is 8.42 Å². The highest BCUT2D eigenvalue weighted by Gasteiger charge is 2.13. The fraction of sp³-hybridized carbons (Fsp3) is 0.455. The maximum Gasteiger partial charge on any atom is 0.178 e. The third-order valence-electron chi connectivity index (χ3n) is 2.10. The van der Waals surface area contributed by atoms with Gasteiger partial charge in [-0.05, 0) is 40.5 Å². The Balaban J connectivity index is 3.00. The van der Waals surface area contributed by atoms with Crippen LogP contribution in [0.1, 0.15) is 20.3 Å². The van der Waals surface area contributed by atoms with Crippen LogP contribution >= 0.6 is 15.9 Å². The minimum atomic E-state index is -3.14. The van der Waals surface area contributed by atoms with Crippen LogP contribution in [0.15, 0.2) is 27.6 Å². The van der Waals surface area contributed by atoms with E-state index in [0.29, 0.717) is 21.7 Å². The summed E-state index contributed by atoms with van der Waals surface area (Å²) in [6.45, 7) is 4.27. The zero-order chi connectivity index (χ0) is 12.2. The summed E-state index contributed by atoms with van der Waals surface area (Å²) in [5.74, 6) is 0.783. The average Bonchev–Trinajstić information content (AvgIpc) is 2.27. The zero-order valence-electron chi connectivity index (χ0n) is 9.36. The van der Waals surface area contributed by atoms with Crippen molar-refractivity contribution in [3.63, 3.8) is 0 Å². The molecule has 5 heteroatoms. The normalized spacial score (nSPS) is 11.4. The van der Waals surface area contributed by atoms with Gasteiger partial charge in [-0.2, -0.15) is 0 Å². The second-order valence-corrected chi connectivity index (χ2v) is 6.48. The van der Waals surface area contributed by atoms with Gasteiger partial charge >= 0.3 is 0 Å². The Morgan fingerprint density at radius 2 is 2.00 bits per heavy atom. The van der Waals surface area contributed by atoms with E-state index in [4.69, 9.17) is 4.74 Å². The van der Waals surface area contributed by atoms with Gasteiger partial charge < -0.3 is 4.74 Å². The molecule has 0 unspecified atom stereocenters. The summed E-state index contributed by atoms with van der Waals surface area (Å²) >= 11 is 3.31. The van der Waals surface area contributed by atoms with Crippen LogP contribution in [0.2, 0.25) is 0 Å². The first-order valence-electron chi connectivity index (χ1n) is 5.16. The lowest BCUT2D eigenvalue weighted by atomic mass is 10.3. The van der Waals surface area contributed by atoms with Crippen molar-refractivity contribution >= 4 is 25.8 Å². The summed E-state index contributed by atoms with van der Waals surface area (Å²) in [6.07, 6.45) is 0.918. The summed E-state index contributed by atoms with van der Waals surface area (Å²) in [6, 6.07) is 4.85. The molecule has 0 bridgehead atoms. The van der Waals surface area contributed by atoms with Gasteiger partial charge in [-0.15, -0.1) is 0 Å². The molecule has 0 fully saturated rings. The summed E-state index contributed by atoms with van der Waals surface area (Å²) < 4.78 is 29.4. The highest BCUT2D eigenvalue weighted by atomic mass is 79.9. The highest BCUT2D eigenvalue weighted by molar-refractivity contribution is 9.10. The van der Waals surface area contributed by atoms with Crippen LogP contribution in [0.5, 0.6) is 5.75 Å². The van der Waals surface area contributed by atoms with Crippen LogP contribution in [0, 0.1) is 0 Å². The largest absolute Gasteiger partial charge is 0.492 e. The van der Waals surface area contributed by atoms with E-state index >= 15 is 0 Å². The van der Waals surface area contributed by atoms with Crippen molar-refractivity contribution in [1.29, 1.82) is 0 Å². The first-order chi connectivity index (χ1) is 7.51. The molecule has 0 saturated heterocycles. The quantitative estimate of drug-likeness (QED) is 0.840. The second-order valence-electron chi connectivity index (χ2n) is 3.34. The molecule has 0 saturated carbocycles. The molecule has 0 aliphatic rings. The predicted octanol–water partition coefficient (Wildman–Crippen LogP) is 3.03. The molecule has 0 atom stereocenters. The molecule has 0 radical (unpaired) electrons. The smallest absolute Gasteiger partial charge is 0.178 e. The number of rotatable bonds is 5. The molecule has 90 valence electrons. The lowest BCUT2D eigenvalue weighted by Crippen LogP contribution is -2.04. The van der Waals surface area contributed by atoms with Crippen LogP contribution in [-0.2, 0) is 9.84 Å². The summed E-state index contributed by atoms with van der Waals surface area (Å²) in [5.41, 5.74) is 0. The predicted molar refractivity (Wildman–Crippen MR) is 67.7 cm³/mol. The molecular formula is C11H15BrO3S. The first kappa shape index (κ1) is 13.5. The van der Waals surface area contributed by atoms with Crippen molar-refractivity contribution in [1.82, 2.24) is 0 Å². The lowest BCUT2D eigenvalue weighted by molar-refractivity contribution is 0.315. The van der Waals surface area contributed by atoms with E-state index in [-0.39, 0.29) is 5.75 Å². The van der Waals surface area contributed by atoms with Gasteiger partial charge in [0.05, 0.1) is 21.7 Å². The Morgan fingerprint density at radius 1 is 1.31 bits per heavy atom. The molecule has 1 rings (SSSR count). The van der Waals surface area contributed by atoms with Crippen LogP contribution in [-0.4, -0.2) is 20.8 Å². The number of hydrogen-bond donors (Lipinski definition) is 0. The van der Waals surface area contributed by atoms with Crippen molar-refractivity contribution < 1.29 is 13.2 Å². The maximum absolute atomic E-state index is 11.6. The number of benzene rings is 1. The molecule has 0 amide bonds. The molecule has 1 aromatic rings. The van der Waals surface area contributed by atoms with E-state index in [1.807, 2.05) is 6.92 Å². The Kier molecular flexibility index (Phi) is 4.80. The van der Waals surface area contributed by atoms with Crippen LogP contribution in [0.25, 0.3) is 0 Å². The summed E-state index contributed by atoms with van der Waals surface area (Å²) in [5, 5.41) is 0. The van der Waals surface area contributed by atoms with E-state index in [1.54, 1.807) is 25.1 Å². The molecule has 0 aliphatic heterocycles. The second kappa shape index (κ2) is 5.68. The maximum atomic E-state index is 11.6. The van der Waals surface area contributed by atoms with Crippen molar-refractivity contribution in [2.75, 3.05) is 12.4 Å². The van der Waals surface area contributed by atoms with Gasteiger partial charge in [0.1, 0.15) is 5.75 Å². The van der Waals surface area contributed by atoms with Gasteiger partial charge in [0.15, 0.2) is 9.84 Å². The van der Waals surface area contributed by atoms with E-state index in [9.17, 15) is 8.42 Å². The minimum absolute atomic E-state index is 0.106. The van der Waals surface area contributed by atoms with Gasteiger partial charge in [0, 0.05) is 0 Å². The number of hydrogen-bond acceptors (Lipinski definition) is 3. The van der Waals surface area contributed by atoms with Gasteiger partial charge in [0.25, 0.3) is 0 Å². The van der Waals surface area contributed by atoms with Crippen molar-refractivity contribution in [3.8, 4) is 5.75 Å². The van der Waals surface area contributed by atoms with Crippen molar-refractivity contribution in [3.05, 3.63) is 22.7 Å². The monoisotopic (exact) mass is 306 g/mol. The fourth-order valence-corrected chi connectivity index (χ4v) is 2.72. The van der Waals surface area contributed by atoms with E-state index in [0.717, 1.165) is 6.42 Å². The lowest BCUT2D eigenvalue weighted by Gasteiger charge is -2.08. The Labute approximate surface area is 105 Å². The number of ether oxygens (including phenoxy) is 1. The molecule has 0 aromatic heterocycles. The summed E-state index contributed by atoms with van der Waals surface area (Å²) in [7, 11) is -3.14. The third-order valence-corrected chi connectivity index (χ3v) is 4.46. The topological polar surface area (TPSA) is 43.4 Å². The van der Waals surface area contributed by atoms with E-state index in [2.05, 4.69) is 15.9 Å². The van der Waals surface area contributed by atoms with Gasteiger partial charge in [-0.1, -0.05) is 13.8 Å². The fourth-order valence-electron chi connectivity index (χ4n) is 1.17. The number of halogens is 1. The Bertz CT molecular complexity index is 454. The Hall–Kier alpha value is -0.550. The van der Waals surface area contributed by atoms with Crippen LogP contribution < -0.4 is 4.74 Å². The first-order valence-corrected chi connectivity index (χ1v) is 7.61. The minimum Gasteiger partial charge on any atom is -0.492 e. The SMILES string of the molecule is CCCOc1ccc(S(=O)(=O)CC)cc1Br. The molecule has 1 aromatic carbocycles. The van der Waals surface area contributed by atoms with Gasteiger partial charge in [0.2, 0.25) is 0 Å². The van der Waals surface area contributed by atoms with Crippen LogP contribution in [0.3, 0.4) is 0 Å². The standard InChI is InChI=1S/C11H15BrO3S/c1-3-7-15-11-6-5-9(8-10(11)12)16(13,14)4-2/h5-6,8H,3-4,7H2,1-2H3. The van der Waals surface area contributed by atoms with Crippen molar-refractivity contribution in [2.24, 2.45) is 0 Å². The highest BCUT2D eigenvalue weighted by Crippen LogP contribution is 2.28. The number of sulfone groups is 1. The molecule has 0 aliphatic carbocycles. The van der Waals surface area contributed by atoms with Crippen LogP contribution in [0.4, 0.5) is 0 Å². The van der Waals surface area contributed by atoms with E-state index in [1.165, 1.54) is 0 Å². The molecule has 3 nitrogen and oxygen atoms in total. The molecule has 0 heterocycles.